The van der Waals surface area contributed by atoms with E-state index < -0.39 is 35.9 Å². The molecule has 1 saturated heterocycles. The van der Waals surface area contributed by atoms with Crippen molar-refractivity contribution < 1.29 is 19.5 Å². The molecule has 1 aliphatic rings. The number of aliphatic hydroxyl groups is 1. The molecule has 1 aromatic heterocycles. The van der Waals surface area contributed by atoms with Crippen LogP contribution in [-0.4, -0.2) is 69.5 Å². The third-order valence-corrected chi connectivity index (χ3v) is 7.48. The molecule has 206 valence electrons. The van der Waals surface area contributed by atoms with Crippen molar-refractivity contribution in [2.45, 2.75) is 69.8 Å². The second-order valence-electron chi connectivity index (χ2n) is 10.4. The number of carbonyl (C=O) groups excluding carboxylic acids is 3. The number of para-hydroxylation sites is 1. The predicted octanol–water partition coefficient (Wildman–Crippen LogP) is 2.17. The van der Waals surface area contributed by atoms with Gasteiger partial charge >= 0.3 is 0 Å². The zero-order chi connectivity index (χ0) is 27.9. The Bertz CT molecular complexity index is 1290. The monoisotopic (exact) mass is 531 g/mol. The minimum Gasteiger partial charge on any atom is -0.390 e. The highest BCUT2D eigenvalue weighted by Gasteiger charge is 2.33. The molecule has 1 fully saturated rings. The number of primary amides is 1. The number of amides is 3. The van der Waals surface area contributed by atoms with Gasteiger partial charge in [-0.05, 0) is 50.8 Å². The van der Waals surface area contributed by atoms with E-state index in [9.17, 15) is 19.5 Å². The number of fused-ring (bicyclic) bond motifs is 1. The highest BCUT2D eigenvalue weighted by atomic mass is 16.3. The molecule has 3 aromatic rings. The fourth-order valence-electron chi connectivity index (χ4n) is 5.22. The van der Waals surface area contributed by atoms with E-state index in [1.165, 1.54) is 0 Å². The van der Waals surface area contributed by atoms with Crippen molar-refractivity contribution in [3.8, 4) is 0 Å². The molecule has 0 aliphatic carbocycles. The van der Waals surface area contributed by atoms with Crippen LogP contribution in [0.15, 0.2) is 66.7 Å². The number of pyridine rings is 1. The second-order valence-corrected chi connectivity index (χ2v) is 10.4. The van der Waals surface area contributed by atoms with E-state index in [4.69, 9.17) is 5.73 Å². The maximum atomic E-state index is 13.5. The van der Waals surface area contributed by atoms with Crippen LogP contribution in [0.4, 0.5) is 0 Å². The van der Waals surface area contributed by atoms with Gasteiger partial charge in [0.2, 0.25) is 11.8 Å². The minimum atomic E-state index is -1.22. The van der Waals surface area contributed by atoms with E-state index in [1.807, 2.05) is 48.5 Å². The Morgan fingerprint density at radius 3 is 2.33 bits per heavy atom. The van der Waals surface area contributed by atoms with E-state index in [0.29, 0.717) is 30.6 Å². The van der Waals surface area contributed by atoms with Gasteiger partial charge in [0.15, 0.2) is 0 Å². The molecule has 0 bridgehead atoms. The first kappa shape index (κ1) is 28.2. The summed E-state index contributed by atoms with van der Waals surface area (Å²) in [7, 11) is 0. The number of hydrogen-bond acceptors (Lipinski definition) is 6. The third-order valence-electron chi connectivity index (χ3n) is 7.48. The van der Waals surface area contributed by atoms with Gasteiger partial charge in [-0.25, -0.2) is 4.98 Å². The first-order valence-corrected chi connectivity index (χ1v) is 13.4. The zero-order valence-electron chi connectivity index (χ0n) is 22.4. The van der Waals surface area contributed by atoms with E-state index in [1.54, 1.807) is 18.2 Å². The quantitative estimate of drug-likeness (QED) is 0.299. The fraction of sp³-hybridized carbons (Fsp3) is 0.400. The normalized spacial score (nSPS) is 19.8. The van der Waals surface area contributed by atoms with Gasteiger partial charge in [0.25, 0.3) is 5.91 Å². The van der Waals surface area contributed by atoms with Crippen molar-refractivity contribution in [1.29, 1.82) is 0 Å². The lowest BCUT2D eigenvalue weighted by atomic mass is 9.99. The summed E-state index contributed by atoms with van der Waals surface area (Å²) in [6, 6.07) is 19.1. The maximum absolute atomic E-state index is 13.5. The third kappa shape index (κ3) is 7.40. The highest BCUT2D eigenvalue weighted by Crippen LogP contribution is 2.24. The summed E-state index contributed by atoms with van der Waals surface area (Å²) < 4.78 is 0. The Kier molecular flexibility index (Phi) is 9.27. The lowest BCUT2D eigenvalue weighted by Crippen LogP contribution is -2.56. The van der Waals surface area contributed by atoms with Crippen LogP contribution in [0.3, 0.4) is 0 Å². The molecule has 0 saturated carbocycles. The lowest BCUT2D eigenvalue weighted by Gasteiger charge is -2.33. The second kappa shape index (κ2) is 12.8. The minimum absolute atomic E-state index is 0.119. The predicted molar refractivity (Wildman–Crippen MR) is 150 cm³/mol. The lowest BCUT2D eigenvalue weighted by molar-refractivity contribution is -0.128. The molecular formula is C30H37N5O4. The summed E-state index contributed by atoms with van der Waals surface area (Å²) >= 11 is 0. The van der Waals surface area contributed by atoms with Crippen LogP contribution < -0.4 is 16.4 Å². The number of aliphatic hydroxyl groups excluding tert-OH is 1. The summed E-state index contributed by atoms with van der Waals surface area (Å²) in [5.74, 6) is -1.92. The summed E-state index contributed by atoms with van der Waals surface area (Å²) in [4.78, 5) is 45.0. The van der Waals surface area contributed by atoms with Crippen LogP contribution in [-0.2, 0) is 16.0 Å². The Balaban J connectivity index is 1.51. The number of β-amino-alcohol motifs (C(OH)–C–C–N with tert-alkyl or cyclic N) is 1. The van der Waals surface area contributed by atoms with Gasteiger partial charge in [-0.3, -0.25) is 19.3 Å². The number of aromatic nitrogens is 1. The highest BCUT2D eigenvalue weighted by molar-refractivity contribution is 5.99. The molecule has 2 heterocycles. The van der Waals surface area contributed by atoms with Gasteiger partial charge in [-0.1, -0.05) is 54.6 Å². The maximum Gasteiger partial charge on any atom is 0.270 e. The Labute approximate surface area is 228 Å². The van der Waals surface area contributed by atoms with Crippen molar-refractivity contribution in [2.24, 2.45) is 5.73 Å². The molecule has 3 amide bonds. The van der Waals surface area contributed by atoms with E-state index in [-0.39, 0.29) is 12.1 Å². The number of nitrogens with one attached hydrogen (secondary N) is 2. The molecule has 9 nitrogen and oxygen atoms in total. The van der Waals surface area contributed by atoms with Crippen molar-refractivity contribution in [1.82, 2.24) is 20.5 Å². The first-order valence-electron chi connectivity index (χ1n) is 13.4. The number of carbonyl (C=O) groups is 3. The number of hydrogen-bond donors (Lipinski definition) is 4. The van der Waals surface area contributed by atoms with Crippen LogP contribution >= 0.6 is 0 Å². The van der Waals surface area contributed by atoms with Crippen molar-refractivity contribution in [2.75, 3.05) is 6.54 Å². The molecule has 0 spiro atoms. The molecule has 5 N–H and O–H groups in total. The molecule has 39 heavy (non-hydrogen) atoms. The zero-order valence-corrected chi connectivity index (χ0v) is 22.4. The average molecular weight is 532 g/mol. The number of likely N-dealkylation sites (tertiary alicyclic amines) is 1. The number of rotatable bonds is 11. The molecular weight excluding hydrogens is 494 g/mol. The topological polar surface area (TPSA) is 138 Å². The summed E-state index contributed by atoms with van der Waals surface area (Å²) in [5, 5.41) is 17.7. The summed E-state index contributed by atoms with van der Waals surface area (Å²) in [5.41, 5.74) is 7.13. The first-order chi connectivity index (χ1) is 18.7. The Morgan fingerprint density at radius 1 is 0.974 bits per heavy atom. The van der Waals surface area contributed by atoms with Gasteiger partial charge in [-0.2, -0.15) is 0 Å². The number of nitrogens with two attached hydrogens (primary N) is 1. The standard InChI is InChI=1S/C30H37N5O4/c1-19-12-13-20(2)35(19)18-27(36)25(16-21-8-4-3-5-9-21)33-30(39)26(17-28(31)37)34-29(38)24-15-14-22-10-6-7-11-23(22)32-24/h3-11,14-15,19-20,25-27,36H,12-13,16-18H2,1-2H3,(H2,31,37)(H,33,39)(H,34,38)/t19-,20-,25-,26-,27+/m0/s1. The van der Waals surface area contributed by atoms with Gasteiger partial charge in [0.1, 0.15) is 11.7 Å². The van der Waals surface area contributed by atoms with E-state index in [2.05, 4.69) is 34.4 Å². The largest absolute Gasteiger partial charge is 0.390 e. The summed E-state index contributed by atoms with van der Waals surface area (Å²) in [6.45, 7) is 4.68. The van der Waals surface area contributed by atoms with Crippen molar-refractivity contribution in [3.63, 3.8) is 0 Å². The number of benzene rings is 2. The van der Waals surface area contributed by atoms with Gasteiger partial charge in [-0.15, -0.1) is 0 Å². The van der Waals surface area contributed by atoms with Gasteiger partial charge in [0, 0.05) is 24.0 Å². The van der Waals surface area contributed by atoms with Crippen molar-refractivity contribution in [3.05, 3.63) is 78.0 Å². The number of nitrogens with zero attached hydrogens (tertiary/aromatic N) is 2. The Hall–Kier alpha value is -3.82. The average Bonchev–Trinajstić information content (AvgIpc) is 3.24. The van der Waals surface area contributed by atoms with Crippen LogP contribution in [0.1, 0.15) is 49.2 Å². The molecule has 0 radical (unpaired) electrons. The van der Waals surface area contributed by atoms with E-state index in [0.717, 1.165) is 23.8 Å². The Morgan fingerprint density at radius 2 is 1.64 bits per heavy atom. The molecule has 1 aliphatic heterocycles. The van der Waals surface area contributed by atoms with Crippen LogP contribution in [0.5, 0.6) is 0 Å². The molecule has 0 unspecified atom stereocenters. The molecule has 4 rings (SSSR count). The van der Waals surface area contributed by atoms with Crippen molar-refractivity contribution >= 4 is 28.6 Å². The molecule has 2 aromatic carbocycles. The fourth-order valence-corrected chi connectivity index (χ4v) is 5.22. The van der Waals surface area contributed by atoms with Gasteiger partial charge < -0.3 is 21.5 Å². The SMILES string of the molecule is C[C@H]1CC[C@H](C)N1C[C@@H](O)[C@H](Cc1ccccc1)NC(=O)[C@H](CC(N)=O)NC(=O)c1ccc2ccccc2n1. The molecule has 5 atom stereocenters. The molecule has 9 heteroatoms. The smallest absolute Gasteiger partial charge is 0.270 e. The van der Waals surface area contributed by atoms with Crippen LogP contribution in [0.2, 0.25) is 0 Å². The van der Waals surface area contributed by atoms with Crippen LogP contribution in [0.25, 0.3) is 10.9 Å². The van der Waals surface area contributed by atoms with Gasteiger partial charge in [0.05, 0.1) is 24.1 Å². The summed E-state index contributed by atoms with van der Waals surface area (Å²) in [6.07, 6.45) is 1.23. The van der Waals surface area contributed by atoms with E-state index >= 15 is 0 Å². The van der Waals surface area contributed by atoms with Crippen LogP contribution in [0, 0.1) is 0 Å².